The Balaban J connectivity index is 4.44. The normalized spacial score (nSPS) is 15.3. The largest absolute Gasteiger partial charge is 0.756 e. The summed E-state index contributed by atoms with van der Waals surface area (Å²) in [5, 5.41) is 24.6. The molecule has 0 aliphatic heterocycles. The summed E-state index contributed by atoms with van der Waals surface area (Å²) < 4.78 is 23.1. The lowest BCUT2D eigenvalue weighted by Crippen LogP contribution is -2.51. The SMILES string of the molecule is C/C=C/CC/C=C/CC/C=C/CCCC(O)C(O)C(COP(=O)([O-])OCC[N+](C)(C)C)NC(=O)CCCCCCCCCCC/C=C\CCCCCCCCCC. The first-order chi connectivity index (χ1) is 27.4. The summed E-state index contributed by atoms with van der Waals surface area (Å²) >= 11 is 0. The molecular weight excluding hydrogens is 735 g/mol. The number of nitrogens with zero attached hydrogens (tertiary/aromatic N) is 1. The molecule has 4 unspecified atom stereocenters. The molecule has 0 radical (unpaired) electrons. The molecule has 0 saturated heterocycles. The molecule has 57 heavy (non-hydrogen) atoms. The molecule has 0 heterocycles. The molecule has 0 aromatic rings. The van der Waals surface area contributed by atoms with E-state index in [0.29, 0.717) is 30.3 Å². The number of carbonyl (C=O) groups is 1. The quantitative estimate of drug-likeness (QED) is 0.0242. The Hall–Kier alpha value is -1.58. The summed E-state index contributed by atoms with van der Waals surface area (Å²) in [6, 6.07) is -1.10. The van der Waals surface area contributed by atoms with Crippen molar-refractivity contribution in [2.45, 2.75) is 205 Å². The van der Waals surface area contributed by atoms with E-state index in [1.807, 2.05) is 28.1 Å². The van der Waals surface area contributed by atoms with Crippen molar-refractivity contribution in [3.63, 3.8) is 0 Å². The number of allylic oxidation sites excluding steroid dienone is 8. The number of carbonyl (C=O) groups excluding carboxylic acids is 1. The van der Waals surface area contributed by atoms with Gasteiger partial charge in [0.05, 0.1) is 39.9 Å². The highest BCUT2D eigenvalue weighted by atomic mass is 31.2. The lowest BCUT2D eigenvalue weighted by Gasteiger charge is -2.31. The molecule has 4 atom stereocenters. The summed E-state index contributed by atoms with van der Waals surface area (Å²) in [6.07, 6.45) is 44.6. The van der Waals surface area contributed by atoms with Crippen molar-refractivity contribution in [3.8, 4) is 0 Å². The van der Waals surface area contributed by atoms with Crippen molar-refractivity contribution >= 4 is 13.7 Å². The average Bonchev–Trinajstić information content (AvgIpc) is 3.16. The highest BCUT2D eigenvalue weighted by molar-refractivity contribution is 7.45. The van der Waals surface area contributed by atoms with E-state index in [4.69, 9.17) is 9.05 Å². The van der Waals surface area contributed by atoms with Gasteiger partial charge in [-0.05, 0) is 84.0 Å². The van der Waals surface area contributed by atoms with Crippen molar-refractivity contribution < 1.29 is 38.0 Å². The number of hydrogen-bond donors (Lipinski definition) is 3. The fourth-order valence-electron chi connectivity index (χ4n) is 6.46. The number of phosphoric acid groups is 1. The van der Waals surface area contributed by atoms with Gasteiger partial charge in [-0.25, -0.2) is 0 Å². The molecule has 0 aromatic heterocycles. The predicted molar refractivity (Wildman–Crippen MR) is 239 cm³/mol. The first kappa shape index (κ1) is 55.4. The van der Waals surface area contributed by atoms with Gasteiger partial charge in [-0.3, -0.25) is 9.36 Å². The van der Waals surface area contributed by atoms with E-state index in [-0.39, 0.29) is 18.9 Å². The second kappa shape index (κ2) is 38.6. The summed E-state index contributed by atoms with van der Waals surface area (Å²) in [5.41, 5.74) is 0. The third-order valence-corrected chi connectivity index (χ3v) is 11.1. The highest BCUT2D eigenvalue weighted by Gasteiger charge is 2.29. The maximum Gasteiger partial charge on any atom is 0.268 e. The van der Waals surface area contributed by atoms with Crippen LogP contribution in [0.2, 0.25) is 0 Å². The van der Waals surface area contributed by atoms with Gasteiger partial charge in [0.15, 0.2) is 0 Å². The van der Waals surface area contributed by atoms with Crippen LogP contribution in [0.4, 0.5) is 0 Å². The van der Waals surface area contributed by atoms with Crippen molar-refractivity contribution in [3.05, 3.63) is 48.6 Å². The number of unbranched alkanes of at least 4 members (excludes halogenated alkanes) is 20. The fraction of sp³-hybridized carbons (Fsp3) is 0.809. The van der Waals surface area contributed by atoms with E-state index in [9.17, 15) is 24.5 Å². The smallest absolute Gasteiger partial charge is 0.268 e. The zero-order chi connectivity index (χ0) is 42.3. The van der Waals surface area contributed by atoms with Crippen LogP contribution in [0.25, 0.3) is 0 Å². The second-order valence-electron chi connectivity index (χ2n) is 16.9. The lowest BCUT2D eigenvalue weighted by molar-refractivity contribution is -0.870. The molecule has 0 spiro atoms. The topological polar surface area (TPSA) is 128 Å². The van der Waals surface area contributed by atoms with E-state index in [1.54, 1.807) is 0 Å². The van der Waals surface area contributed by atoms with Gasteiger partial charge >= 0.3 is 0 Å². The monoisotopic (exact) mass is 825 g/mol. The first-order valence-corrected chi connectivity index (χ1v) is 24.5. The summed E-state index contributed by atoms with van der Waals surface area (Å²) in [4.78, 5) is 25.4. The maximum absolute atomic E-state index is 12.9. The molecule has 3 N–H and O–H groups in total. The third-order valence-electron chi connectivity index (χ3n) is 10.2. The van der Waals surface area contributed by atoms with Crippen molar-refractivity contribution in [1.82, 2.24) is 5.32 Å². The number of phosphoric ester groups is 1. The first-order valence-electron chi connectivity index (χ1n) is 23.0. The van der Waals surface area contributed by atoms with Gasteiger partial charge in [-0.15, -0.1) is 0 Å². The number of aliphatic hydroxyl groups is 2. The number of rotatable bonds is 41. The minimum absolute atomic E-state index is 0.0517. The Morgan fingerprint density at radius 2 is 1.09 bits per heavy atom. The number of likely N-dealkylation sites (N-methyl/N-ethyl adjacent to an activating group) is 1. The number of hydrogen-bond acceptors (Lipinski definition) is 7. The Bertz CT molecular complexity index is 1090. The van der Waals surface area contributed by atoms with Crippen molar-refractivity contribution in [2.75, 3.05) is 40.9 Å². The van der Waals surface area contributed by atoms with Crippen LogP contribution in [0.3, 0.4) is 0 Å². The molecule has 0 aromatic carbocycles. The van der Waals surface area contributed by atoms with Crippen LogP contribution in [0.15, 0.2) is 48.6 Å². The summed E-state index contributed by atoms with van der Waals surface area (Å²) in [7, 11) is 1.09. The van der Waals surface area contributed by atoms with Gasteiger partial charge in [-0.2, -0.15) is 0 Å². The molecule has 0 aliphatic rings. The van der Waals surface area contributed by atoms with Crippen molar-refractivity contribution in [1.29, 1.82) is 0 Å². The van der Waals surface area contributed by atoms with Crippen LogP contribution in [-0.2, 0) is 18.4 Å². The van der Waals surface area contributed by atoms with E-state index < -0.39 is 32.7 Å². The van der Waals surface area contributed by atoms with Crippen LogP contribution in [0.1, 0.15) is 187 Å². The Kier molecular flexibility index (Phi) is 37.5. The third kappa shape index (κ3) is 39.6. The van der Waals surface area contributed by atoms with Gasteiger partial charge in [0.25, 0.3) is 7.82 Å². The van der Waals surface area contributed by atoms with Crippen LogP contribution >= 0.6 is 7.82 Å². The van der Waals surface area contributed by atoms with E-state index in [1.165, 1.54) is 96.3 Å². The van der Waals surface area contributed by atoms with E-state index in [0.717, 1.165) is 51.4 Å². The highest BCUT2D eigenvalue weighted by Crippen LogP contribution is 2.38. The number of quaternary nitrogens is 1. The molecule has 1 amide bonds. The molecular formula is C47H89N2O7P. The molecule has 9 nitrogen and oxygen atoms in total. The van der Waals surface area contributed by atoms with Crippen LogP contribution in [0, 0.1) is 0 Å². The zero-order valence-corrected chi connectivity index (χ0v) is 38.3. The number of nitrogens with one attached hydrogen (secondary N) is 1. The Labute approximate surface area is 351 Å². The predicted octanol–water partition coefficient (Wildman–Crippen LogP) is 11.2. The number of amides is 1. The number of aliphatic hydroxyl groups excluding tert-OH is 2. The van der Waals surface area contributed by atoms with Crippen molar-refractivity contribution in [2.24, 2.45) is 0 Å². The minimum Gasteiger partial charge on any atom is -0.756 e. The van der Waals surface area contributed by atoms with Crippen LogP contribution in [-0.4, -0.2) is 79.8 Å². The van der Waals surface area contributed by atoms with Gasteiger partial charge in [0.1, 0.15) is 19.3 Å². The van der Waals surface area contributed by atoms with Crippen LogP contribution < -0.4 is 10.2 Å². The van der Waals surface area contributed by atoms with E-state index >= 15 is 0 Å². The minimum atomic E-state index is -4.68. The second-order valence-corrected chi connectivity index (χ2v) is 18.3. The van der Waals surface area contributed by atoms with Gasteiger partial charge in [0.2, 0.25) is 5.91 Å². The molecule has 10 heteroatoms. The molecule has 0 rings (SSSR count). The fourth-order valence-corrected chi connectivity index (χ4v) is 7.19. The maximum atomic E-state index is 12.9. The zero-order valence-electron chi connectivity index (χ0n) is 37.4. The molecule has 0 bridgehead atoms. The molecule has 0 fully saturated rings. The Morgan fingerprint density at radius 1 is 0.649 bits per heavy atom. The van der Waals surface area contributed by atoms with Gasteiger partial charge in [0, 0.05) is 6.42 Å². The van der Waals surface area contributed by atoms with E-state index in [2.05, 4.69) is 60.8 Å². The summed E-state index contributed by atoms with van der Waals surface area (Å²) in [6.45, 7) is 4.18. The van der Waals surface area contributed by atoms with Gasteiger partial charge < -0.3 is 34.0 Å². The molecule has 0 saturated carbocycles. The van der Waals surface area contributed by atoms with Crippen LogP contribution in [0.5, 0.6) is 0 Å². The Morgan fingerprint density at radius 3 is 1.58 bits per heavy atom. The molecule has 334 valence electrons. The average molecular weight is 825 g/mol. The lowest BCUT2D eigenvalue weighted by atomic mass is 10.0. The summed E-state index contributed by atoms with van der Waals surface area (Å²) in [5.74, 6) is -0.299. The standard InChI is InChI=1S/C47H89N2O7P/c1-6-8-10-12-14-16-18-20-21-22-23-24-25-26-27-28-30-32-34-36-38-40-46(51)48-44(43-56-57(53,54)55-42-41-49(3,4)5)47(52)45(50)39-37-35-33-31-29-19-17-15-13-11-9-7-2/h7,9,15,17,22-23,31,33,44-45,47,50,52H,6,8,10-14,16,18-21,24-30,32,34-43H2,1-5H3,(H-,48,51,53,54)/b9-7+,17-15+,23-22-,33-31+. The van der Waals surface area contributed by atoms with Gasteiger partial charge in [-0.1, -0.05) is 145 Å². The molecule has 0 aliphatic carbocycles.